The van der Waals surface area contributed by atoms with Crippen LogP contribution < -0.4 is 19.8 Å². The molecule has 9 nitrogen and oxygen atoms in total. The Bertz CT molecular complexity index is 1730. The third-order valence-electron chi connectivity index (χ3n) is 7.06. The van der Waals surface area contributed by atoms with Gasteiger partial charge < -0.3 is 15.2 Å². The lowest BCUT2D eigenvalue weighted by atomic mass is 9.82. The van der Waals surface area contributed by atoms with Crippen LogP contribution in [0.15, 0.2) is 82.6 Å². The molecule has 3 atom stereocenters. The van der Waals surface area contributed by atoms with Crippen molar-refractivity contribution in [2.75, 3.05) is 17.3 Å². The predicted octanol–water partition coefficient (Wildman–Crippen LogP) is 4.20. The highest BCUT2D eigenvalue weighted by Crippen LogP contribution is 2.55. The average molecular weight is 592 g/mol. The summed E-state index contributed by atoms with van der Waals surface area (Å²) in [6.07, 6.45) is 0. The van der Waals surface area contributed by atoms with Gasteiger partial charge in [-0.25, -0.2) is 9.29 Å². The first kappa shape index (κ1) is 26.8. The number of benzene rings is 3. The number of anilines is 2. The van der Waals surface area contributed by atoms with Crippen LogP contribution in [0.4, 0.5) is 15.8 Å². The summed E-state index contributed by atoms with van der Waals surface area (Å²) in [7, 11) is 1.50. The SMILES string of the molecule is COc1ccccc1[C@@H]1c2sc(=O)n(CC(=O)Nc3ccc(O)cc3)c2S[C@H]2C(=O)N(c3ccc(F)cc3)C(=O)[C@@H]12. The van der Waals surface area contributed by atoms with Crippen LogP contribution in [0, 0.1) is 11.7 Å². The minimum Gasteiger partial charge on any atom is -0.508 e. The molecule has 0 radical (unpaired) electrons. The monoisotopic (exact) mass is 591 g/mol. The largest absolute Gasteiger partial charge is 0.508 e. The zero-order valence-corrected chi connectivity index (χ0v) is 23.1. The molecule has 1 saturated heterocycles. The molecule has 1 aromatic heterocycles. The van der Waals surface area contributed by atoms with E-state index in [4.69, 9.17) is 4.74 Å². The number of rotatable bonds is 6. The number of aromatic nitrogens is 1. The summed E-state index contributed by atoms with van der Waals surface area (Å²) in [6, 6.07) is 18.2. The van der Waals surface area contributed by atoms with Gasteiger partial charge in [0.05, 0.1) is 23.7 Å². The fourth-order valence-electron chi connectivity index (χ4n) is 5.25. The first-order valence-electron chi connectivity index (χ1n) is 12.5. The highest BCUT2D eigenvalue weighted by Gasteiger charge is 2.57. The van der Waals surface area contributed by atoms with Crippen molar-refractivity contribution in [3.05, 3.63) is 98.7 Å². The summed E-state index contributed by atoms with van der Waals surface area (Å²) >= 11 is 2.01. The van der Waals surface area contributed by atoms with Gasteiger partial charge in [-0.1, -0.05) is 41.3 Å². The van der Waals surface area contributed by atoms with E-state index in [-0.39, 0.29) is 18.0 Å². The summed E-state index contributed by atoms with van der Waals surface area (Å²) in [4.78, 5) is 55.1. The van der Waals surface area contributed by atoms with E-state index in [9.17, 15) is 28.7 Å². The number of nitrogens with one attached hydrogen (secondary N) is 1. The highest BCUT2D eigenvalue weighted by molar-refractivity contribution is 8.00. The number of carbonyl (C=O) groups is 3. The summed E-state index contributed by atoms with van der Waals surface area (Å²) in [6.45, 7) is -0.321. The van der Waals surface area contributed by atoms with Crippen molar-refractivity contribution in [3.63, 3.8) is 0 Å². The van der Waals surface area contributed by atoms with E-state index in [1.165, 1.54) is 60.2 Å². The number of fused-ring (bicyclic) bond motifs is 2. The molecule has 0 unspecified atom stereocenters. The van der Waals surface area contributed by atoms with Gasteiger partial charge in [0.1, 0.15) is 29.1 Å². The van der Waals surface area contributed by atoms with Gasteiger partial charge in [0.2, 0.25) is 17.7 Å². The van der Waals surface area contributed by atoms with Crippen molar-refractivity contribution in [1.29, 1.82) is 0 Å². The third kappa shape index (κ3) is 4.68. The number of phenolic OH excluding ortho intramolecular Hbond substituents is 1. The Morgan fingerprint density at radius 1 is 1.00 bits per heavy atom. The van der Waals surface area contributed by atoms with Crippen molar-refractivity contribution < 1.29 is 28.6 Å². The first-order valence-corrected chi connectivity index (χ1v) is 14.2. The van der Waals surface area contributed by atoms with Gasteiger partial charge in [-0.2, -0.15) is 0 Å². The second-order valence-corrected chi connectivity index (χ2v) is 11.6. The molecule has 208 valence electrons. The van der Waals surface area contributed by atoms with Gasteiger partial charge in [-0.05, 0) is 54.6 Å². The topological polar surface area (TPSA) is 118 Å². The Labute approximate surface area is 241 Å². The number of thioether (sulfide) groups is 1. The minimum atomic E-state index is -0.893. The first-order chi connectivity index (χ1) is 19.8. The lowest BCUT2D eigenvalue weighted by Gasteiger charge is -2.31. The molecule has 0 saturated carbocycles. The third-order valence-corrected chi connectivity index (χ3v) is 9.66. The number of ether oxygens (including phenoxy) is 1. The molecule has 2 aliphatic heterocycles. The van der Waals surface area contributed by atoms with Crippen molar-refractivity contribution in [3.8, 4) is 11.5 Å². The van der Waals surface area contributed by atoms with E-state index in [2.05, 4.69) is 5.32 Å². The molecule has 6 rings (SSSR count). The van der Waals surface area contributed by atoms with E-state index >= 15 is 0 Å². The van der Waals surface area contributed by atoms with Crippen LogP contribution in [0.3, 0.4) is 0 Å². The van der Waals surface area contributed by atoms with Gasteiger partial charge in [0, 0.05) is 22.0 Å². The van der Waals surface area contributed by atoms with E-state index in [0.717, 1.165) is 28.0 Å². The smallest absolute Gasteiger partial charge is 0.308 e. The Balaban J connectivity index is 1.43. The van der Waals surface area contributed by atoms with Crippen LogP contribution in [0.5, 0.6) is 11.5 Å². The number of carbonyl (C=O) groups excluding carboxylic acids is 3. The molecule has 41 heavy (non-hydrogen) atoms. The van der Waals surface area contributed by atoms with Gasteiger partial charge in [0.25, 0.3) is 0 Å². The lowest BCUT2D eigenvalue weighted by Crippen LogP contribution is -2.33. The van der Waals surface area contributed by atoms with Crippen LogP contribution in [0.1, 0.15) is 16.4 Å². The Kier molecular flexibility index (Phi) is 6.88. The Morgan fingerprint density at radius 2 is 1.71 bits per heavy atom. The van der Waals surface area contributed by atoms with E-state index in [0.29, 0.717) is 26.9 Å². The Hall–Kier alpha value is -4.42. The molecule has 3 aromatic carbocycles. The molecular weight excluding hydrogens is 569 g/mol. The molecular formula is C29H22FN3O6S2. The lowest BCUT2D eigenvalue weighted by molar-refractivity contribution is -0.122. The van der Waals surface area contributed by atoms with Crippen LogP contribution in [-0.4, -0.2) is 39.8 Å². The molecule has 1 fully saturated rings. The fraction of sp³-hybridized carbons (Fsp3) is 0.172. The summed E-state index contributed by atoms with van der Waals surface area (Å²) in [5.74, 6) is -2.94. The molecule has 0 aliphatic carbocycles. The van der Waals surface area contributed by atoms with E-state index < -0.39 is 45.5 Å². The normalized spacial score (nSPS) is 19.6. The molecule has 3 heterocycles. The zero-order chi connectivity index (χ0) is 28.8. The minimum absolute atomic E-state index is 0.0462. The summed E-state index contributed by atoms with van der Waals surface area (Å²) in [5.41, 5.74) is 1.33. The molecule has 2 aliphatic rings. The Morgan fingerprint density at radius 3 is 2.41 bits per heavy atom. The predicted molar refractivity (Wildman–Crippen MR) is 152 cm³/mol. The average Bonchev–Trinajstić information content (AvgIpc) is 3.41. The number of amides is 3. The molecule has 3 amide bonds. The van der Waals surface area contributed by atoms with Gasteiger partial charge in [0.15, 0.2) is 0 Å². The number of hydrogen-bond donors (Lipinski definition) is 2. The summed E-state index contributed by atoms with van der Waals surface area (Å²) < 4.78 is 20.6. The number of phenols is 1. The maximum absolute atomic E-state index is 13.9. The number of hydrogen-bond acceptors (Lipinski definition) is 8. The van der Waals surface area contributed by atoms with Crippen molar-refractivity contribution in [1.82, 2.24) is 4.57 Å². The summed E-state index contributed by atoms with van der Waals surface area (Å²) in [5, 5.41) is 11.7. The molecule has 0 spiro atoms. The van der Waals surface area contributed by atoms with Crippen molar-refractivity contribution in [2.24, 2.45) is 5.92 Å². The van der Waals surface area contributed by atoms with Crippen molar-refractivity contribution in [2.45, 2.75) is 22.7 Å². The number of imide groups is 1. The van der Waals surface area contributed by atoms with Gasteiger partial charge in [-0.15, -0.1) is 0 Å². The van der Waals surface area contributed by atoms with Crippen LogP contribution in [-0.2, 0) is 20.9 Å². The second kappa shape index (κ2) is 10.5. The van der Waals surface area contributed by atoms with Gasteiger partial charge >= 0.3 is 4.87 Å². The maximum Gasteiger partial charge on any atom is 0.308 e. The quantitative estimate of drug-likeness (QED) is 0.255. The standard InChI is InChI=1S/C29H22FN3O6S2/c1-39-20-5-3-2-4-19(20)22-23-24(27(37)33(26(23)36)17-10-6-15(30)7-11-17)40-28-25(22)41-29(38)32(28)14-21(35)31-16-8-12-18(34)13-9-16/h2-13,22-24,34H,14H2,1H3,(H,31,35)/t22-,23-,24+/m0/s1. The number of nitrogens with zero attached hydrogens (tertiary/aromatic N) is 2. The van der Waals surface area contributed by atoms with E-state index in [1.807, 2.05) is 0 Å². The van der Waals surface area contributed by atoms with Crippen molar-refractivity contribution >= 4 is 52.2 Å². The van der Waals surface area contributed by atoms with Crippen LogP contribution in [0.25, 0.3) is 0 Å². The molecule has 2 N–H and O–H groups in total. The number of methoxy groups -OCH3 is 1. The van der Waals surface area contributed by atoms with Crippen LogP contribution in [0.2, 0.25) is 0 Å². The molecule has 0 bridgehead atoms. The second-order valence-electron chi connectivity index (χ2n) is 9.49. The number of para-hydroxylation sites is 1. The van der Waals surface area contributed by atoms with Crippen LogP contribution >= 0.6 is 23.1 Å². The maximum atomic E-state index is 13.9. The highest BCUT2D eigenvalue weighted by atomic mass is 32.2. The number of thiazole rings is 1. The number of halogens is 1. The fourth-order valence-corrected chi connectivity index (χ4v) is 8.01. The zero-order valence-electron chi connectivity index (χ0n) is 21.4. The number of aromatic hydroxyl groups is 1. The van der Waals surface area contributed by atoms with E-state index in [1.54, 1.807) is 24.3 Å². The molecule has 12 heteroatoms. The van der Waals surface area contributed by atoms with Gasteiger partial charge in [-0.3, -0.25) is 23.7 Å². The molecule has 4 aromatic rings.